The van der Waals surface area contributed by atoms with E-state index in [0.717, 1.165) is 23.0 Å². The number of nitriles is 1. The van der Waals surface area contributed by atoms with Crippen molar-refractivity contribution in [3.63, 3.8) is 0 Å². The first-order valence-corrected chi connectivity index (χ1v) is 4.62. The normalized spacial score (nSPS) is 9.93. The number of para-hydroxylation sites is 1. The van der Waals surface area contributed by atoms with Gasteiger partial charge in [0.15, 0.2) is 0 Å². The van der Waals surface area contributed by atoms with Crippen LogP contribution >= 0.6 is 0 Å². The first-order chi connectivity index (χ1) is 6.90. The van der Waals surface area contributed by atoms with Gasteiger partial charge in [-0.05, 0) is 12.1 Å². The monoisotopic (exact) mass is 182 g/mol. The molecule has 0 saturated carbocycles. The third kappa shape index (κ3) is 1.72. The maximum Gasteiger partial charge on any atom is 0.0705 e. The van der Waals surface area contributed by atoms with E-state index in [1.165, 1.54) is 0 Å². The van der Waals surface area contributed by atoms with E-state index in [0.29, 0.717) is 6.42 Å². The molecule has 68 valence electrons. The molecule has 2 aromatic rings. The molecular formula is C12H10N2. The van der Waals surface area contributed by atoms with Crippen molar-refractivity contribution in [2.24, 2.45) is 0 Å². The van der Waals surface area contributed by atoms with Crippen LogP contribution in [0.3, 0.4) is 0 Å². The van der Waals surface area contributed by atoms with Gasteiger partial charge in [-0.2, -0.15) is 5.26 Å². The molecule has 0 amide bonds. The predicted octanol–water partition coefficient (Wildman–Crippen LogP) is 2.69. The number of aryl methyl sites for hydroxylation is 1. The van der Waals surface area contributed by atoms with Crippen molar-refractivity contribution in [3.8, 4) is 6.07 Å². The second-order valence-electron chi connectivity index (χ2n) is 3.15. The van der Waals surface area contributed by atoms with Gasteiger partial charge in [0.1, 0.15) is 0 Å². The molecule has 1 aromatic heterocycles. The summed E-state index contributed by atoms with van der Waals surface area (Å²) in [5.74, 6) is 0. The molecule has 1 heterocycles. The first-order valence-electron chi connectivity index (χ1n) is 4.62. The van der Waals surface area contributed by atoms with E-state index in [1.807, 2.05) is 30.3 Å². The molecule has 0 fully saturated rings. The van der Waals surface area contributed by atoms with Gasteiger partial charge in [-0.25, -0.2) is 0 Å². The third-order valence-electron chi connectivity index (χ3n) is 2.15. The van der Waals surface area contributed by atoms with Crippen LogP contribution < -0.4 is 0 Å². The number of nitrogens with zero attached hydrogens (tertiary/aromatic N) is 2. The van der Waals surface area contributed by atoms with Crippen LogP contribution in [0.5, 0.6) is 0 Å². The average Bonchev–Trinajstić information content (AvgIpc) is 2.26. The van der Waals surface area contributed by atoms with Crippen LogP contribution in [0.2, 0.25) is 0 Å². The second-order valence-corrected chi connectivity index (χ2v) is 3.15. The summed E-state index contributed by atoms with van der Waals surface area (Å²) in [6, 6.07) is 14.2. The Morgan fingerprint density at radius 1 is 1.14 bits per heavy atom. The Balaban J connectivity index is 2.37. The summed E-state index contributed by atoms with van der Waals surface area (Å²) in [5, 5.41) is 9.61. The molecule has 1 aromatic carbocycles. The van der Waals surface area contributed by atoms with E-state index in [4.69, 9.17) is 5.26 Å². The lowest BCUT2D eigenvalue weighted by Crippen LogP contribution is -1.89. The van der Waals surface area contributed by atoms with Gasteiger partial charge in [-0.3, -0.25) is 4.98 Å². The van der Waals surface area contributed by atoms with E-state index in [9.17, 15) is 0 Å². The van der Waals surface area contributed by atoms with Crippen LogP contribution in [0.25, 0.3) is 10.9 Å². The number of aromatic nitrogens is 1. The minimum atomic E-state index is 0.533. The van der Waals surface area contributed by atoms with Gasteiger partial charge < -0.3 is 0 Å². The minimum Gasteiger partial charge on any atom is -0.253 e. The smallest absolute Gasteiger partial charge is 0.0705 e. The first kappa shape index (κ1) is 8.71. The van der Waals surface area contributed by atoms with E-state index < -0.39 is 0 Å². The molecule has 0 N–H and O–H groups in total. The van der Waals surface area contributed by atoms with Gasteiger partial charge >= 0.3 is 0 Å². The molecule has 0 spiro atoms. The fourth-order valence-electron chi connectivity index (χ4n) is 1.43. The van der Waals surface area contributed by atoms with Gasteiger partial charge in [0.2, 0.25) is 0 Å². The molecule has 14 heavy (non-hydrogen) atoms. The summed E-state index contributed by atoms with van der Waals surface area (Å²) in [6.45, 7) is 0. The van der Waals surface area contributed by atoms with Crippen LogP contribution in [0.1, 0.15) is 12.1 Å². The number of hydrogen-bond acceptors (Lipinski definition) is 2. The maximum atomic E-state index is 8.46. The van der Waals surface area contributed by atoms with Gasteiger partial charge in [0.25, 0.3) is 0 Å². The summed E-state index contributed by atoms with van der Waals surface area (Å²) < 4.78 is 0. The lowest BCUT2D eigenvalue weighted by Gasteiger charge is -1.99. The third-order valence-corrected chi connectivity index (χ3v) is 2.15. The van der Waals surface area contributed by atoms with Crippen molar-refractivity contribution in [1.82, 2.24) is 4.98 Å². The number of rotatable bonds is 2. The number of fused-ring (bicyclic) bond motifs is 1. The fraction of sp³-hybridized carbons (Fsp3) is 0.167. The van der Waals surface area contributed by atoms with E-state index in [1.54, 1.807) is 0 Å². The molecule has 0 bridgehead atoms. The van der Waals surface area contributed by atoms with E-state index in [2.05, 4.69) is 17.1 Å². The number of hydrogen-bond donors (Lipinski definition) is 0. The standard InChI is InChI=1S/C12H10N2/c13-9-3-5-11-8-7-10-4-1-2-6-12(10)14-11/h1-2,4,6-8H,3,5H2. The lowest BCUT2D eigenvalue weighted by atomic mass is 10.1. The Morgan fingerprint density at radius 3 is 2.86 bits per heavy atom. The Kier molecular flexibility index (Phi) is 2.42. The highest BCUT2D eigenvalue weighted by molar-refractivity contribution is 5.78. The van der Waals surface area contributed by atoms with Crippen molar-refractivity contribution < 1.29 is 0 Å². The zero-order valence-corrected chi connectivity index (χ0v) is 7.77. The van der Waals surface area contributed by atoms with Gasteiger partial charge in [-0.1, -0.05) is 24.3 Å². The molecule has 2 nitrogen and oxygen atoms in total. The molecule has 0 radical (unpaired) electrons. The van der Waals surface area contributed by atoms with Crippen molar-refractivity contribution in [2.45, 2.75) is 12.8 Å². The minimum absolute atomic E-state index is 0.533. The SMILES string of the molecule is N#CCCc1ccc2ccccc2n1. The number of benzene rings is 1. The van der Waals surface area contributed by atoms with Crippen LogP contribution in [-0.2, 0) is 6.42 Å². The zero-order chi connectivity index (χ0) is 9.80. The van der Waals surface area contributed by atoms with Crippen molar-refractivity contribution in [3.05, 3.63) is 42.1 Å². The van der Waals surface area contributed by atoms with E-state index >= 15 is 0 Å². The lowest BCUT2D eigenvalue weighted by molar-refractivity contribution is 0.963. The molecule has 0 saturated heterocycles. The molecule has 2 heteroatoms. The number of pyridine rings is 1. The Bertz CT molecular complexity index is 483. The summed E-state index contributed by atoms with van der Waals surface area (Å²) in [5.41, 5.74) is 1.99. The Morgan fingerprint density at radius 2 is 2.00 bits per heavy atom. The zero-order valence-electron chi connectivity index (χ0n) is 7.77. The molecule has 0 atom stereocenters. The van der Waals surface area contributed by atoms with Crippen molar-refractivity contribution in [2.75, 3.05) is 0 Å². The second kappa shape index (κ2) is 3.89. The quantitative estimate of drug-likeness (QED) is 0.716. The molecular weight excluding hydrogens is 172 g/mol. The molecule has 0 aliphatic heterocycles. The van der Waals surface area contributed by atoms with E-state index in [-0.39, 0.29) is 0 Å². The largest absolute Gasteiger partial charge is 0.253 e. The highest BCUT2D eigenvalue weighted by Gasteiger charge is 1.96. The Hall–Kier alpha value is -1.88. The average molecular weight is 182 g/mol. The van der Waals surface area contributed by atoms with Crippen LogP contribution in [0, 0.1) is 11.3 Å². The van der Waals surface area contributed by atoms with Crippen LogP contribution in [-0.4, -0.2) is 4.98 Å². The summed E-state index contributed by atoms with van der Waals surface area (Å²) in [6.07, 6.45) is 1.27. The predicted molar refractivity (Wildman–Crippen MR) is 55.7 cm³/mol. The molecule has 0 aliphatic carbocycles. The van der Waals surface area contributed by atoms with Gasteiger partial charge in [0, 0.05) is 23.9 Å². The van der Waals surface area contributed by atoms with Gasteiger partial charge in [0.05, 0.1) is 11.6 Å². The molecule has 2 rings (SSSR count). The van der Waals surface area contributed by atoms with Gasteiger partial charge in [-0.15, -0.1) is 0 Å². The summed E-state index contributed by atoms with van der Waals surface area (Å²) >= 11 is 0. The van der Waals surface area contributed by atoms with Crippen molar-refractivity contribution >= 4 is 10.9 Å². The topological polar surface area (TPSA) is 36.7 Å². The maximum absolute atomic E-state index is 8.46. The summed E-state index contributed by atoms with van der Waals surface area (Å²) in [4.78, 5) is 4.46. The molecule has 0 aliphatic rings. The highest BCUT2D eigenvalue weighted by Crippen LogP contribution is 2.12. The highest BCUT2D eigenvalue weighted by atomic mass is 14.7. The Labute approximate surface area is 82.8 Å². The van der Waals surface area contributed by atoms with Crippen LogP contribution in [0.15, 0.2) is 36.4 Å². The molecule has 0 unspecified atom stereocenters. The van der Waals surface area contributed by atoms with Crippen LogP contribution in [0.4, 0.5) is 0 Å². The summed E-state index contributed by atoms with van der Waals surface area (Å²) in [7, 11) is 0. The van der Waals surface area contributed by atoms with Crippen molar-refractivity contribution in [1.29, 1.82) is 5.26 Å². The fourth-order valence-corrected chi connectivity index (χ4v) is 1.43.